The Bertz CT molecular complexity index is 1090. The minimum absolute atomic E-state index is 0.172. The van der Waals surface area contributed by atoms with E-state index in [1.807, 2.05) is 39.0 Å². The summed E-state index contributed by atoms with van der Waals surface area (Å²) in [4.78, 5) is 13.3. The summed E-state index contributed by atoms with van der Waals surface area (Å²) >= 11 is 0. The Kier molecular flexibility index (Phi) is 5.83. The molecule has 2 aliphatic rings. The topological polar surface area (TPSA) is 75.7 Å². The minimum atomic E-state index is -3.59. The van der Waals surface area contributed by atoms with E-state index in [1.165, 1.54) is 10.4 Å². The van der Waals surface area contributed by atoms with Crippen LogP contribution in [0.15, 0.2) is 47.4 Å². The predicted molar refractivity (Wildman–Crippen MR) is 120 cm³/mol. The molecule has 1 fully saturated rings. The molecule has 0 aliphatic carbocycles. The lowest BCUT2D eigenvalue weighted by Gasteiger charge is -2.38. The number of nitrogens with zero attached hydrogens (tertiary/aromatic N) is 1. The molecule has 4 rings (SSSR count). The van der Waals surface area contributed by atoms with Crippen molar-refractivity contribution in [3.63, 3.8) is 0 Å². The Balaban J connectivity index is 1.58. The van der Waals surface area contributed by atoms with E-state index in [2.05, 4.69) is 5.32 Å². The average Bonchev–Trinajstić information content (AvgIpc) is 2.73. The second-order valence-electron chi connectivity index (χ2n) is 9.13. The zero-order chi connectivity index (χ0) is 22.2. The molecular weight excluding hydrogens is 412 g/mol. The Hall–Kier alpha value is -2.38. The molecule has 1 amide bonds. The monoisotopic (exact) mass is 442 g/mol. The summed E-state index contributed by atoms with van der Waals surface area (Å²) in [7, 11) is -3.59. The van der Waals surface area contributed by atoms with Gasteiger partial charge in [-0.05, 0) is 63.4 Å². The Labute approximate surface area is 184 Å². The van der Waals surface area contributed by atoms with E-state index in [-0.39, 0.29) is 16.8 Å². The maximum atomic E-state index is 13.1. The highest BCUT2D eigenvalue weighted by Crippen LogP contribution is 2.40. The minimum Gasteiger partial charge on any atom is -0.487 e. The predicted octanol–water partition coefficient (Wildman–Crippen LogP) is 4.20. The fourth-order valence-electron chi connectivity index (χ4n) is 4.38. The van der Waals surface area contributed by atoms with Gasteiger partial charge in [-0.3, -0.25) is 4.79 Å². The van der Waals surface area contributed by atoms with Gasteiger partial charge < -0.3 is 10.1 Å². The fraction of sp³-hybridized carbons (Fsp3) is 0.458. The largest absolute Gasteiger partial charge is 0.487 e. The Morgan fingerprint density at radius 2 is 1.84 bits per heavy atom. The van der Waals surface area contributed by atoms with Crippen molar-refractivity contribution in [2.45, 2.75) is 63.0 Å². The molecule has 0 aromatic heterocycles. The molecule has 2 heterocycles. The van der Waals surface area contributed by atoms with E-state index < -0.39 is 15.6 Å². The number of ether oxygens (including phenoxy) is 1. The van der Waals surface area contributed by atoms with Crippen molar-refractivity contribution in [3.05, 3.63) is 59.2 Å². The number of sulfonamides is 1. The first-order valence-electron chi connectivity index (χ1n) is 10.9. The number of hydrogen-bond donors (Lipinski definition) is 1. The van der Waals surface area contributed by atoms with Crippen LogP contribution >= 0.6 is 0 Å². The lowest BCUT2D eigenvalue weighted by molar-refractivity contribution is 0.0619. The summed E-state index contributed by atoms with van der Waals surface area (Å²) in [6, 6.07) is 12.1. The molecule has 0 spiro atoms. The van der Waals surface area contributed by atoms with Crippen LogP contribution in [0.1, 0.15) is 67.1 Å². The third-order valence-electron chi connectivity index (χ3n) is 5.98. The molecule has 7 heteroatoms. The third-order valence-corrected chi connectivity index (χ3v) is 7.88. The van der Waals surface area contributed by atoms with Crippen molar-refractivity contribution < 1.29 is 17.9 Å². The van der Waals surface area contributed by atoms with Gasteiger partial charge in [-0.2, -0.15) is 4.31 Å². The molecule has 1 atom stereocenters. The van der Waals surface area contributed by atoms with Crippen molar-refractivity contribution >= 4 is 15.9 Å². The van der Waals surface area contributed by atoms with Crippen LogP contribution in [0.2, 0.25) is 0 Å². The molecule has 2 aliphatic heterocycles. The van der Waals surface area contributed by atoms with Crippen LogP contribution < -0.4 is 10.1 Å². The normalized spacial score (nSPS) is 21.1. The zero-order valence-corrected chi connectivity index (χ0v) is 19.2. The van der Waals surface area contributed by atoms with Gasteiger partial charge >= 0.3 is 0 Å². The van der Waals surface area contributed by atoms with Gasteiger partial charge in [-0.15, -0.1) is 0 Å². The number of amides is 1. The molecule has 0 saturated carbocycles. The Morgan fingerprint density at radius 1 is 1.10 bits per heavy atom. The van der Waals surface area contributed by atoms with Crippen molar-refractivity contribution in [2.24, 2.45) is 0 Å². The summed E-state index contributed by atoms with van der Waals surface area (Å²) in [5.41, 5.74) is 1.96. The zero-order valence-electron chi connectivity index (χ0n) is 18.3. The molecule has 0 radical (unpaired) electrons. The van der Waals surface area contributed by atoms with Crippen LogP contribution in [0.4, 0.5) is 0 Å². The Morgan fingerprint density at radius 3 is 2.58 bits per heavy atom. The molecule has 1 saturated heterocycles. The van der Waals surface area contributed by atoms with E-state index >= 15 is 0 Å². The van der Waals surface area contributed by atoms with Crippen LogP contribution in [0.3, 0.4) is 0 Å². The number of fused-ring (bicyclic) bond motifs is 1. The number of carbonyl (C=O) groups excluding carboxylic acids is 1. The van der Waals surface area contributed by atoms with E-state index in [0.717, 1.165) is 36.1 Å². The van der Waals surface area contributed by atoms with Gasteiger partial charge in [-0.1, -0.05) is 24.6 Å². The van der Waals surface area contributed by atoms with Crippen molar-refractivity contribution in [2.75, 3.05) is 13.1 Å². The number of aryl methyl sites for hydroxylation is 1. The second kappa shape index (κ2) is 8.28. The highest BCUT2D eigenvalue weighted by molar-refractivity contribution is 7.89. The fourth-order valence-corrected chi connectivity index (χ4v) is 5.94. The number of nitrogens with one attached hydrogen (secondary N) is 1. The van der Waals surface area contributed by atoms with Gasteiger partial charge in [0.1, 0.15) is 11.4 Å². The lowest BCUT2D eigenvalue weighted by atomic mass is 9.89. The van der Waals surface area contributed by atoms with Crippen LogP contribution in [-0.2, 0) is 10.0 Å². The van der Waals surface area contributed by atoms with Gasteiger partial charge in [0.05, 0.1) is 10.9 Å². The van der Waals surface area contributed by atoms with Crippen molar-refractivity contribution in [1.29, 1.82) is 0 Å². The SMILES string of the molecule is Cc1ccc2c(c1)OC(C)(C)CC2NC(=O)c1cccc(S(=O)(=O)N2CCCCC2)c1. The van der Waals surface area contributed by atoms with E-state index in [9.17, 15) is 13.2 Å². The average molecular weight is 443 g/mol. The summed E-state index contributed by atoms with van der Waals surface area (Å²) < 4.78 is 33.7. The van der Waals surface area contributed by atoms with Gasteiger partial charge in [0.2, 0.25) is 10.0 Å². The number of carbonyl (C=O) groups is 1. The second-order valence-corrected chi connectivity index (χ2v) is 11.1. The summed E-state index contributed by atoms with van der Waals surface area (Å²) in [5.74, 6) is 0.493. The smallest absolute Gasteiger partial charge is 0.251 e. The molecule has 2 aromatic carbocycles. The number of benzene rings is 2. The first-order chi connectivity index (χ1) is 14.7. The first-order valence-corrected chi connectivity index (χ1v) is 12.3. The van der Waals surface area contributed by atoms with Crippen LogP contribution in [0, 0.1) is 6.92 Å². The van der Waals surface area contributed by atoms with Crippen LogP contribution in [0.5, 0.6) is 5.75 Å². The van der Waals surface area contributed by atoms with Crippen LogP contribution in [0.25, 0.3) is 0 Å². The molecule has 0 bridgehead atoms. The lowest BCUT2D eigenvalue weighted by Crippen LogP contribution is -2.41. The highest BCUT2D eigenvalue weighted by atomic mass is 32.2. The molecule has 1 unspecified atom stereocenters. The number of hydrogen-bond acceptors (Lipinski definition) is 4. The third kappa shape index (κ3) is 4.62. The van der Waals surface area contributed by atoms with E-state index in [4.69, 9.17) is 4.74 Å². The maximum absolute atomic E-state index is 13.1. The van der Waals surface area contributed by atoms with Gasteiger partial charge in [0.15, 0.2) is 0 Å². The van der Waals surface area contributed by atoms with E-state index in [1.54, 1.807) is 18.2 Å². The van der Waals surface area contributed by atoms with Gasteiger partial charge in [0.25, 0.3) is 5.91 Å². The number of piperidine rings is 1. The summed E-state index contributed by atoms with van der Waals surface area (Å²) in [5, 5.41) is 3.10. The van der Waals surface area contributed by atoms with Gasteiger partial charge in [0, 0.05) is 30.6 Å². The quantitative estimate of drug-likeness (QED) is 0.770. The number of rotatable bonds is 4. The standard InChI is InChI=1S/C24H30N2O4S/c1-17-10-11-20-21(16-24(2,3)30-22(20)14-17)25-23(27)18-8-7-9-19(15-18)31(28,29)26-12-5-4-6-13-26/h7-11,14-15,21H,4-6,12-13,16H2,1-3H3,(H,25,27). The molecule has 166 valence electrons. The van der Waals surface area contributed by atoms with Crippen LogP contribution in [-0.4, -0.2) is 37.3 Å². The molecule has 6 nitrogen and oxygen atoms in total. The maximum Gasteiger partial charge on any atom is 0.251 e. The molecule has 31 heavy (non-hydrogen) atoms. The molecule has 1 N–H and O–H groups in total. The van der Waals surface area contributed by atoms with Crippen molar-refractivity contribution in [3.8, 4) is 5.75 Å². The summed E-state index contributed by atoms with van der Waals surface area (Å²) in [6.45, 7) is 7.08. The molecule has 2 aromatic rings. The van der Waals surface area contributed by atoms with Crippen molar-refractivity contribution in [1.82, 2.24) is 9.62 Å². The van der Waals surface area contributed by atoms with Gasteiger partial charge in [-0.25, -0.2) is 8.42 Å². The van der Waals surface area contributed by atoms with E-state index in [0.29, 0.717) is 25.1 Å². The highest BCUT2D eigenvalue weighted by Gasteiger charge is 2.35. The summed E-state index contributed by atoms with van der Waals surface area (Å²) in [6.07, 6.45) is 3.42. The molecular formula is C24H30N2O4S. The first kappa shape index (κ1) is 21.8.